The summed E-state index contributed by atoms with van der Waals surface area (Å²) in [6, 6.07) is 5.63. The number of rotatable bonds is 4. The molecule has 1 amide bonds. The van der Waals surface area contributed by atoms with Crippen LogP contribution in [0, 0.1) is 5.92 Å². The van der Waals surface area contributed by atoms with E-state index < -0.39 is 0 Å². The summed E-state index contributed by atoms with van der Waals surface area (Å²) in [7, 11) is 0. The minimum atomic E-state index is -0.0550. The van der Waals surface area contributed by atoms with Crippen LogP contribution in [-0.2, 0) is 0 Å². The molecule has 1 N–H and O–H groups in total. The molecule has 4 heteroatoms. The summed E-state index contributed by atoms with van der Waals surface area (Å²) in [5.74, 6) is 0.414. The Balaban J connectivity index is 2.79. The Morgan fingerprint density at radius 1 is 1.47 bits per heavy atom. The van der Waals surface area contributed by atoms with Gasteiger partial charge in [0.1, 0.15) is 0 Å². The molecule has 1 aromatic carbocycles. The van der Waals surface area contributed by atoms with Crippen LogP contribution in [0.5, 0.6) is 0 Å². The Kier molecular flexibility index (Phi) is 5.53. The molecule has 0 radical (unpaired) electrons. The predicted octanol–water partition coefficient (Wildman–Crippen LogP) is 3.90. The molecule has 0 aliphatic rings. The minimum absolute atomic E-state index is 0.0550. The highest BCUT2D eigenvalue weighted by Crippen LogP contribution is 2.20. The van der Waals surface area contributed by atoms with E-state index in [9.17, 15) is 4.79 Å². The number of benzene rings is 1. The normalized spacial score (nSPS) is 14.2. The van der Waals surface area contributed by atoms with Gasteiger partial charge >= 0.3 is 0 Å². The average molecular weight is 316 g/mol. The van der Waals surface area contributed by atoms with Gasteiger partial charge in [0.05, 0.1) is 5.56 Å². The zero-order valence-corrected chi connectivity index (χ0v) is 12.8. The number of carbonyl (C=O) groups excluding carboxylic acids is 1. The standard InChI is InChI=1S/C13H18BrNOS/c1-4-8(2)9(3)15-13(16)11-7-10(17)5-6-12(11)14/h5-9,17H,4H2,1-3H3,(H,15,16). The number of halogens is 1. The van der Waals surface area contributed by atoms with Gasteiger partial charge in [-0.2, -0.15) is 0 Å². The lowest BCUT2D eigenvalue weighted by Gasteiger charge is -2.20. The van der Waals surface area contributed by atoms with Gasteiger partial charge < -0.3 is 5.32 Å². The van der Waals surface area contributed by atoms with Crippen molar-refractivity contribution < 1.29 is 4.79 Å². The van der Waals surface area contributed by atoms with E-state index in [1.54, 1.807) is 6.07 Å². The minimum Gasteiger partial charge on any atom is -0.349 e. The quantitative estimate of drug-likeness (QED) is 0.811. The van der Waals surface area contributed by atoms with Gasteiger partial charge in [-0.3, -0.25) is 4.79 Å². The first-order chi connectivity index (χ1) is 7.95. The lowest BCUT2D eigenvalue weighted by Crippen LogP contribution is -2.37. The highest BCUT2D eigenvalue weighted by molar-refractivity contribution is 9.10. The first kappa shape index (κ1) is 14.6. The number of carbonyl (C=O) groups is 1. The van der Waals surface area contributed by atoms with E-state index >= 15 is 0 Å². The van der Waals surface area contributed by atoms with Crippen LogP contribution in [0.25, 0.3) is 0 Å². The molecule has 1 rings (SSSR count). The largest absolute Gasteiger partial charge is 0.349 e. The van der Waals surface area contributed by atoms with Gasteiger partial charge in [0, 0.05) is 15.4 Å². The molecule has 0 aliphatic heterocycles. The number of thiol groups is 1. The fourth-order valence-electron chi connectivity index (χ4n) is 1.47. The van der Waals surface area contributed by atoms with Gasteiger partial charge in [-0.05, 0) is 47.0 Å². The second kappa shape index (κ2) is 6.45. The Morgan fingerprint density at radius 2 is 2.12 bits per heavy atom. The van der Waals surface area contributed by atoms with Crippen LogP contribution in [0.2, 0.25) is 0 Å². The summed E-state index contributed by atoms with van der Waals surface area (Å²) in [5, 5.41) is 3.01. The molecule has 0 saturated carbocycles. The number of nitrogens with one attached hydrogen (secondary N) is 1. The van der Waals surface area contributed by atoms with Gasteiger partial charge in [0.2, 0.25) is 0 Å². The Hall–Kier alpha value is -0.480. The van der Waals surface area contributed by atoms with Crippen molar-refractivity contribution in [2.45, 2.75) is 38.1 Å². The highest BCUT2D eigenvalue weighted by atomic mass is 79.9. The maximum absolute atomic E-state index is 12.1. The van der Waals surface area contributed by atoms with Crippen molar-refractivity contribution in [1.82, 2.24) is 5.32 Å². The molecule has 0 aromatic heterocycles. The Bertz CT molecular complexity index is 408. The molecule has 0 fully saturated rings. The van der Waals surface area contributed by atoms with Crippen molar-refractivity contribution in [3.63, 3.8) is 0 Å². The van der Waals surface area contributed by atoms with E-state index in [1.807, 2.05) is 19.1 Å². The number of hydrogen-bond donors (Lipinski definition) is 2. The molecule has 1 aromatic rings. The van der Waals surface area contributed by atoms with Gasteiger partial charge in [0.15, 0.2) is 0 Å². The van der Waals surface area contributed by atoms with Gasteiger partial charge in [-0.1, -0.05) is 20.3 Å². The van der Waals surface area contributed by atoms with E-state index in [0.29, 0.717) is 11.5 Å². The van der Waals surface area contributed by atoms with Crippen LogP contribution in [-0.4, -0.2) is 11.9 Å². The lowest BCUT2D eigenvalue weighted by atomic mass is 10.0. The third-order valence-electron chi connectivity index (χ3n) is 3.05. The van der Waals surface area contributed by atoms with Gasteiger partial charge in [0.25, 0.3) is 5.91 Å². The van der Waals surface area contributed by atoms with Crippen molar-refractivity contribution in [3.05, 3.63) is 28.2 Å². The third kappa shape index (κ3) is 4.03. The fraction of sp³-hybridized carbons (Fsp3) is 0.462. The molecule has 94 valence electrons. The van der Waals surface area contributed by atoms with E-state index in [0.717, 1.165) is 15.8 Å². The molecule has 0 heterocycles. The maximum Gasteiger partial charge on any atom is 0.252 e. The second-order valence-corrected chi connectivity index (χ2v) is 5.68. The van der Waals surface area contributed by atoms with E-state index in [4.69, 9.17) is 0 Å². The Morgan fingerprint density at radius 3 is 2.71 bits per heavy atom. The van der Waals surface area contributed by atoms with Crippen molar-refractivity contribution in [2.75, 3.05) is 0 Å². The van der Waals surface area contributed by atoms with Crippen LogP contribution in [0.3, 0.4) is 0 Å². The van der Waals surface area contributed by atoms with Gasteiger partial charge in [-0.25, -0.2) is 0 Å². The molecular weight excluding hydrogens is 298 g/mol. The summed E-state index contributed by atoms with van der Waals surface area (Å²) in [6.07, 6.45) is 1.05. The second-order valence-electron chi connectivity index (χ2n) is 4.31. The molecule has 2 nitrogen and oxygen atoms in total. The summed E-state index contributed by atoms with van der Waals surface area (Å²) in [4.78, 5) is 12.9. The van der Waals surface area contributed by atoms with Crippen molar-refractivity contribution in [3.8, 4) is 0 Å². The maximum atomic E-state index is 12.1. The molecule has 17 heavy (non-hydrogen) atoms. The van der Waals surface area contributed by atoms with Crippen molar-refractivity contribution in [1.29, 1.82) is 0 Å². The van der Waals surface area contributed by atoms with Crippen LogP contribution in [0.4, 0.5) is 0 Å². The molecule has 0 saturated heterocycles. The smallest absolute Gasteiger partial charge is 0.252 e. The third-order valence-corrected chi connectivity index (χ3v) is 4.02. The molecule has 0 aliphatic carbocycles. The van der Waals surface area contributed by atoms with E-state index in [2.05, 4.69) is 47.7 Å². The van der Waals surface area contributed by atoms with Crippen molar-refractivity contribution in [2.24, 2.45) is 5.92 Å². The zero-order valence-electron chi connectivity index (χ0n) is 10.3. The molecular formula is C13H18BrNOS. The summed E-state index contributed by atoms with van der Waals surface area (Å²) < 4.78 is 0.796. The molecule has 2 unspecified atom stereocenters. The first-order valence-electron chi connectivity index (χ1n) is 5.75. The molecule has 0 bridgehead atoms. The highest BCUT2D eigenvalue weighted by Gasteiger charge is 2.16. The summed E-state index contributed by atoms with van der Waals surface area (Å²) in [6.45, 7) is 6.29. The lowest BCUT2D eigenvalue weighted by molar-refractivity contribution is 0.0927. The topological polar surface area (TPSA) is 29.1 Å². The summed E-state index contributed by atoms with van der Waals surface area (Å²) in [5.41, 5.74) is 0.632. The van der Waals surface area contributed by atoms with Crippen LogP contribution < -0.4 is 5.32 Å². The zero-order chi connectivity index (χ0) is 13.0. The van der Waals surface area contributed by atoms with E-state index in [1.165, 1.54) is 0 Å². The van der Waals surface area contributed by atoms with E-state index in [-0.39, 0.29) is 11.9 Å². The average Bonchev–Trinajstić information content (AvgIpc) is 2.30. The monoisotopic (exact) mass is 315 g/mol. The fourth-order valence-corrected chi connectivity index (χ4v) is 2.10. The van der Waals surface area contributed by atoms with Gasteiger partial charge in [-0.15, -0.1) is 12.6 Å². The molecule has 2 atom stereocenters. The molecule has 0 spiro atoms. The SMILES string of the molecule is CCC(C)C(C)NC(=O)c1cc(S)ccc1Br. The van der Waals surface area contributed by atoms with Crippen molar-refractivity contribution >= 4 is 34.5 Å². The van der Waals surface area contributed by atoms with Crippen LogP contribution >= 0.6 is 28.6 Å². The van der Waals surface area contributed by atoms with Crippen LogP contribution in [0.1, 0.15) is 37.6 Å². The Labute approximate surface area is 117 Å². The predicted molar refractivity (Wildman–Crippen MR) is 77.8 cm³/mol. The summed E-state index contributed by atoms with van der Waals surface area (Å²) >= 11 is 7.63. The first-order valence-corrected chi connectivity index (χ1v) is 6.99. The number of hydrogen-bond acceptors (Lipinski definition) is 2. The number of amides is 1. The van der Waals surface area contributed by atoms with Crippen LogP contribution in [0.15, 0.2) is 27.6 Å².